The van der Waals surface area contributed by atoms with Crippen molar-refractivity contribution >= 4 is 11.5 Å². The van der Waals surface area contributed by atoms with Crippen LogP contribution in [0.2, 0.25) is 0 Å². The molecule has 0 saturated heterocycles. The molecule has 0 radical (unpaired) electrons. The van der Waals surface area contributed by atoms with E-state index < -0.39 is 4.92 Å². The summed E-state index contributed by atoms with van der Waals surface area (Å²) >= 11 is 0. The Hall–Kier alpha value is -1.91. The Morgan fingerprint density at radius 1 is 1.33 bits per heavy atom. The molecule has 1 aromatic carbocycles. The van der Waals surface area contributed by atoms with Gasteiger partial charge in [0.05, 0.1) is 16.6 Å². The maximum Gasteiger partial charge on any atom is 0.280 e. The number of carbonyl (C=O) groups is 1. The van der Waals surface area contributed by atoms with Crippen LogP contribution in [0.1, 0.15) is 63.2 Å². The Kier molecular flexibility index (Phi) is 6.85. The highest BCUT2D eigenvalue weighted by Gasteiger charge is 2.18. The van der Waals surface area contributed by atoms with Gasteiger partial charge < -0.3 is 4.74 Å². The normalized spacial score (nSPS) is 12.0. The minimum Gasteiger partial charge on any atom is -0.491 e. The van der Waals surface area contributed by atoms with Gasteiger partial charge >= 0.3 is 0 Å². The average molecular weight is 293 g/mol. The lowest BCUT2D eigenvalue weighted by atomic mass is 10.1. The van der Waals surface area contributed by atoms with Gasteiger partial charge in [0.1, 0.15) is 5.75 Å². The molecule has 0 aliphatic carbocycles. The van der Waals surface area contributed by atoms with Crippen LogP contribution in [0.4, 0.5) is 5.69 Å². The van der Waals surface area contributed by atoms with Gasteiger partial charge in [0.2, 0.25) is 0 Å². The van der Waals surface area contributed by atoms with E-state index in [4.69, 9.17) is 4.74 Å². The molecule has 0 amide bonds. The number of nitro benzene ring substituents is 1. The van der Waals surface area contributed by atoms with Crippen LogP contribution in [-0.4, -0.2) is 16.8 Å². The summed E-state index contributed by atoms with van der Waals surface area (Å²) in [6, 6.07) is 4.34. The van der Waals surface area contributed by atoms with Gasteiger partial charge in [-0.1, -0.05) is 26.2 Å². The number of nitro groups is 1. The van der Waals surface area contributed by atoms with E-state index in [1.165, 1.54) is 38.3 Å². The Morgan fingerprint density at radius 3 is 2.62 bits per heavy atom. The van der Waals surface area contributed by atoms with E-state index in [2.05, 4.69) is 6.92 Å². The van der Waals surface area contributed by atoms with Gasteiger partial charge in [-0.15, -0.1) is 0 Å². The van der Waals surface area contributed by atoms with Gasteiger partial charge in [-0.2, -0.15) is 0 Å². The Morgan fingerprint density at radius 2 is 2.05 bits per heavy atom. The molecule has 1 unspecified atom stereocenters. The second-order valence-electron chi connectivity index (χ2n) is 5.27. The molecule has 0 heterocycles. The molecule has 21 heavy (non-hydrogen) atoms. The largest absolute Gasteiger partial charge is 0.491 e. The lowest BCUT2D eigenvalue weighted by molar-refractivity contribution is -0.385. The van der Waals surface area contributed by atoms with Gasteiger partial charge in [0.25, 0.3) is 5.69 Å². The average Bonchev–Trinajstić information content (AvgIpc) is 2.43. The predicted molar refractivity (Wildman–Crippen MR) is 81.9 cm³/mol. The molecule has 0 fully saturated rings. The van der Waals surface area contributed by atoms with Crippen LogP contribution < -0.4 is 4.74 Å². The maximum absolute atomic E-state index is 11.5. The molecule has 1 aromatic rings. The standard InChI is InChI=1S/C16H23NO4/c1-4-5-6-7-8-12(2)21-14-9-10-16(17(19)20)15(11-14)13(3)18/h9-12H,4-8H2,1-3H3. The fourth-order valence-corrected chi connectivity index (χ4v) is 2.18. The fraction of sp³-hybridized carbons (Fsp3) is 0.562. The lowest BCUT2D eigenvalue weighted by Crippen LogP contribution is -2.12. The molecular formula is C16H23NO4. The molecule has 0 N–H and O–H groups in total. The van der Waals surface area contributed by atoms with Gasteiger partial charge in [-0.25, -0.2) is 0 Å². The Balaban J connectivity index is 2.69. The number of unbranched alkanes of at least 4 members (excludes halogenated alkanes) is 3. The predicted octanol–water partition coefficient (Wildman–Crippen LogP) is 4.54. The highest BCUT2D eigenvalue weighted by molar-refractivity contribution is 5.98. The third-order valence-electron chi connectivity index (χ3n) is 3.35. The Bertz CT molecular complexity index is 499. The summed E-state index contributed by atoms with van der Waals surface area (Å²) in [7, 11) is 0. The summed E-state index contributed by atoms with van der Waals surface area (Å²) in [5.41, 5.74) is -0.0823. The number of rotatable bonds is 9. The van der Waals surface area contributed by atoms with Crippen LogP contribution in [0.5, 0.6) is 5.75 Å². The Labute approximate surface area is 125 Å². The van der Waals surface area contributed by atoms with Crippen molar-refractivity contribution in [2.75, 3.05) is 0 Å². The molecule has 0 bridgehead atoms. The van der Waals surface area contributed by atoms with Crippen molar-refractivity contribution in [3.63, 3.8) is 0 Å². The van der Waals surface area contributed by atoms with E-state index in [1.54, 1.807) is 6.07 Å². The molecule has 1 atom stereocenters. The molecule has 1 rings (SSSR count). The molecule has 5 nitrogen and oxygen atoms in total. The van der Waals surface area contributed by atoms with E-state index >= 15 is 0 Å². The van der Waals surface area contributed by atoms with Crippen LogP contribution in [0.15, 0.2) is 18.2 Å². The third-order valence-corrected chi connectivity index (χ3v) is 3.35. The van der Waals surface area contributed by atoms with Gasteiger partial charge in [-0.05, 0) is 38.8 Å². The number of ether oxygens (including phenoxy) is 1. The first-order valence-electron chi connectivity index (χ1n) is 7.41. The van der Waals surface area contributed by atoms with Gasteiger partial charge in [0, 0.05) is 6.07 Å². The zero-order valence-corrected chi connectivity index (χ0v) is 12.9. The SMILES string of the molecule is CCCCCCC(C)Oc1ccc([N+](=O)[O-])c(C(C)=O)c1. The first-order chi connectivity index (χ1) is 9.95. The summed E-state index contributed by atoms with van der Waals surface area (Å²) < 4.78 is 5.75. The highest BCUT2D eigenvalue weighted by atomic mass is 16.6. The highest BCUT2D eigenvalue weighted by Crippen LogP contribution is 2.25. The molecule has 116 valence electrons. The molecular weight excluding hydrogens is 270 g/mol. The van der Waals surface area contributed by atoms with Crippen molar-refractivity contribution in [2.24, 2.45) is 0 Å². The monoisotopic (exact) mass is 293 g/mol. The fourth-order valence-electron chi connectivity index (χ4n) is 2.18. The molecule has 5 heteroatoms. The van der Waals surface area contributed by atoms with E-state index in [-0.39, 0.29) is 23.1 Å². The number of Topliss-reactive ketones (excluding diaryl/α,β-unsaturated/α-hetero) is 1. The molecule has 0 spiro atoms. The first kappa shape index (κ1) is 17.1. The smallest absolute Gasteiger partial charge is 0.280 e. The zero-order chi connectivity index (χ0) is 15.8. The van der Waals surface area contributed by atoms with Crippen molar-refractivity contribution in [3.05, 3.63) is 33.9 Å². The minimum absolute atomic E-state index is 0.0307. The summed E-state index contributed by atoms with van der Waals surface area (Å²) in [6.07, 6.45) is 5.66. The molecule has 0 saturated carbocycles. The van der Waals surface area contributed by atoms with Crippen molar-refractivity contribution < 1.29 is 14.5 Å². The zero-order valence-electron chi connectivity index (χ0n) is 12.9. The van der Waals surface area contributed by atoms with Crippen LogP contribution in [0.3, 0.4) is 0 Å². The van der Waals surface area contributed by atoms with Gasteiger partial charge in [0.15, 0.2) is 5.78 Å². The second-order valence-corrected chi connectivity index (χ2v) is 5.27. The number of nitrogens with zero attached hydrogens (tertiary/aromatic N) is 1. The molecule has 0 aliphatic rings. The van der Waals surface area contributed by atoms with Crippen molar-refractivity contribution in [3.8, 4) is 5.75 Å². The maximum atomic E-state index is 11.5. The number of ketones is 1. The molecule has 0 aliphatic heterocycles. The van der Waals surface area contributed by atoms with E-state index in [0.717, 1.165) is 12.8 Å². The summed E-state index contributed by atoms with van der Waals surface area (Å²) in [6.45, 7) is 5.46. The molecule has 0 aromatic heterocycles. The number of carbonyl (C=O) groups excluding carboxylic acids is 1. The second kappa shape index (κ2) is 8.39. The lowest BCUT2D eigenvalue weighted by Gasteiger charge is -2.15. The first-order valence-corrected chi connectivity index (χ1v) is 7.41. The van der Waals surface area contributed by atoms with Crippen molar-refractivity contribution in [2.45, 2.75) is 59.0 Å². The van der Waals surface area contributed by atoms with E-state index in [0.29, 0.717) is 5.75 Å². The van der Waals surface area contributed by atoms with Crippen molar-refractivity contribution in [1.82, 2.24) is 0 Å². The van der Waals surface area contributed by atoms with E-state index in [9.17, 15) is 14.9 Å². The van der Waals surface area contributed by atoms with Gasteiger partial charge in [-0.3, -0.25) is 14.9 Å². The number of hydrogen-bond acceptors (Lipinski definition) is 4. The number of hydrogen-bond donors (Lipinski definition) is 0. The topological polar surface area (TPSA) is 69.4 Å². The summed E-state index contributed by atoms with van der Waals surface area (Å²) in [4.78, 5) is 21.8. The quantitative estimate of drug-likeness (QED) is 0.290. The van der Waals surface area contributed by atoms with Crippen LogP contribution in [-0.2, 0) is 0 Å². The van der Waals surface area contributed by atoms with Crippen LogP contribution >= 0.6 is 0 Å². The number of benzene rings is 1. The van der Waals surface area contributed by atoms with E-state index in [1.807, 2.05) is 6.92 Å². The summed E-state index contributed by atoms with van der Waals surface area (Å²) in [5, 5.41) is 10.9. The van der Waals surface area contributed by atoms with Crippen LogP contribution in [0, 0.1) is 10.1 Å². The summed E-state index contributed by atoms with van der Waals surface area (Å²) in [5.74, 6) is 0.177. The minimum atomic E-state index is -0.547. The van der Waals surface area contributed by atoms with Crippen molar-refractivity contribution in [1.29, 1.82) is 0 Å². The third kappa shape index (κ3) is 5.53. The van der Waals surface area contributed by atoms with Crippen LogP contribution in [0.25, 0.3) is 0 Å².